The topological polar surface area (TPSA) is 58.6 Å². The summed E-state index contributed by atoms with van der Waals surface area (Å²) in [5.41, 5.74) is 4.03. The summed E-state index contributed by atoms with van der Waals surface area (Å²) in [5, 5.41) is 8.95. The van der Waals surface area contributed by atoms with Crippen LogP contribution in [0.15, 0.2) is 17.3 Å². The van der Waals surface area contributed by atoms with Crippen molar-refractivity contribution in [3.05, 3.63) is 12.3 Å². The Morgan fingerprint density at radius 1 is 1.75 bits per heavy atom. The van der Waals surface area contributed by atoms with Crippen LogP contribution in [0.5, 0.6) is 0 Å². The minimum Gasteiger partial charge on any atom is -0.370 e. The molecule has 1 rings (SSSR count). The molecule has 0 radical (unpaired) electrons. The Kier molecular flexibility index (Phi) is 1.15. The van der Waals surface area contributed by atoms with Gasteiger partial charge in [0, 0.05) is 12.6 Å². The summed E-state index contributed by atoms with van der Waals surface area (Å²) in [7, 11) is 0. The molecule has 1 atom stereocenters. The Bertz CT molecular complexity index is 137. The number of nitrogens with two attached hydrogens (primary N) is 1. The van der Waals surface area contributed by atoms with Crippen molar-refractivity contribution in [1.29, 1.82) is 0 Å². The molecule has 3 N–H and O–H groups in total. The molecular formula is C5H8N2O. The maximum atomic E-state index is 8.95. The van der Waals surface area contributed by atoms with Crippen LogP contribution < -0.4 is 5.73 Å². The molecule has 8 heavy (non-hydrogen) atoms. The maximum Gasteiger partial charge on any atom is 0.153 e. The molecule has 1 heterocycles. The lowest BCUT2D eigenvalue weighted by Gasteiger charge is -2.16. The van der Waals surface area contributed by atoms with Gasteiger partial charge in [-0.3, -0.25) is 10.7 Å². The van der Waals surface area contributed by atoms with Crippen LogP contribution >= 0.6 is 0 Å². The van der Waals surface area contributed by atoms with Gasteiger partial charge in [0.05, 0.1) is 6.21 Å². The number of hydrogen-bond acceptors (Lipinski definition) is 3. The second-order valence-corrected chi connectivity index (χ2v) is 1.86. The van der Waals surface area contributed by atoms with Crippen molar-refractivity contribution in [2.75, 3.05) is 0 Å². The molecule has 0 saturated carbocycles. The van der Waals surface area contributed by atoms with E-state index in [2.05, 4.69) is 4.99 Å². The lowest BCUT2D eigenvalue weighted by Crippen LogP contribution is -2.41. The van der Waals surface area contributed by atoms with Crippen molar-refractivity contribution in [1.82, 2.24) is 0 Å². The SMILES string of the molecule is NC1(O)C=NC=CC1. The fourth-order valence-electron chi connectivity index (χ4n) is 0.527. The van der Waals surface area contributed by atoms with Gasteiger partial charge in [-0.2, -0.15) is 0 Å². The van der Waals surface area contributed by atoms with Crippen LogP contribution in [0, 0.1) is 0 Å². The van der Waals surface area contributed by atoms with E-state index in [1.54, 1.807) is 12.3 Å². The molecule has 0 aromatic carbocycles. The van der Waals surface area contributed by atoms with Gasteiger partial charge in [-0.15, -0.1) is 0 Å². The first-order chi connectivity index (χ1) is 3.71. The van der Waals surface area contributed by atoms with E-state index in [1.165, 1.54) is 6.21 Å². The van der Waals surface area contributed by atoms with E-state index in [-0.39, 0.29) is 0 Å². The lowest BCUT2D eigenvalue weighted by molar-refractivity contribution is 0.127. The summed E-state index contributed by atoms with van der Waals surface area (Å²) in [6, 6.07) is 0. The molecular weight excluding hydrogens is 104 g/mol. The standard InChI is InChI=1S/C5H8N2O/c6-5(8)2-1-3-7-4-5/h1,3-4,8H,2,6H2. The number of nitrogens with zero attached hydrogens (tertiary/aromatic N) is 1. The van der Waals surface area contributed by atoms with Crippen LogP contribution in [0.4, 0.5) is 0 Å². The van der Waals surface area contributed by atoms with Crippen LogP contribution in [0.3, 0.4) is 0 Å². The average molecular weight is 112 g/mol. The Labute approximate surface area is 47.5 Å². The van der Waals surface area contributed by atoms with Gasteiger partial charge in [0.2, 0.25) is 0 Å². The molecule has 44 valence electrons. The first-order valence-electron chi connectivity index (χ1n) is 2.41. The van der Waals surface area contributed by atoms with E-state index in [0.717, 1.165) is 0 Å². The summed E-state index contributed by atoms with van der Waals surface area (Å²) < 4.78 is 0. The van der Waals surface area contributed by atoms with Crippen LogP contribution in [-0.2, 0) is 0 Å². The Morgan fingerprint density at radius 2 is 2.50 bits per heavy atom. The molecule has 1 aliphatic heterocycles. The lowest BCUT2D eigenvalue weighted by atomic mass is 10.1. The van der Waals surface area contributed by atoms with Crippen LogP contribution in [0.2, 0.25) is 0 Å². The molecule has 0 saturated heterocycles. The number of rotatable bonds is 0. The van der Waals surface area contributed by atoms with Crippen molar-refractivity contribution >= 4 is 6.21 Å². The van der Waals surface area contributed by atoms with Gasteiger partial charge in [-0.1, -0.05) is 6.08 Å². The zero-order valence-corrected chi connectivity index (χ0v) is 4.41. The Hall–Kier alpha value is -0.670. The first-order valence-corrected chi connectivity index (χ1v) is 2.41. The highest BCUT2D eigenvalue weighted by Crippen LogP contribution is 2.03. The van der Waals surface area contributed by atoms with Crippen LogP contribution in [0.25, 0.3) is 0 Å². The fourth-order valence-corrected chi connectivity index (χ4v) is 0.527. The highest BCUT2D eigenvalue weighted by molar-refractivity contribution is 5.69. The zero-order chi connectivity index (χ0) is 6.04. The second kappa shape index (κ2) is 1.69. The Balaban J connectivity index is 2.65. The van der Waals surface area contributed by atoms with Crippen molar-refractivity contribution in [2.45, 2.75) is 12.1 Å². The molecule has 1 aliphatic rings. The first kappa shape index (κ1) is 5.47. The molecule has 0 fully saturated rings. The zero-order valence-electron chi connectivity index (χ0n) is 4.41. The molecule has 0 spiro atoms. The maximum absolute atomic E-state index is 8.95. The number of hydrogen-bond donors (Lipinski definition) is 2. The summed E-state index contributed by atoms with van der Waals surface area (Å²) >= 11 is 0. The van der Waals surface area contributed by atoms with E-state index in [1.807, 2.05) is 0 Å². The Morgan fingerprint density at radius 3 is 2.75 bits per heavy atom. The molecule has 3 heteroatoms. The quantitative estimate of drug-likeness (QED) is 0.420. The number of aliphatic hydroxyl groups is 1. The van der Waals surface area contributed by atoms with Gasteiger partial charge in [0.1, 0.15) is 0 Å². The highest BCUT2D eigenvalue weighted by atomic mass is 16.3. The van der Waals surface area contributed by atoms with Crippen molar-refractivity contribution in [3.8, 4) is 0 Å². The third kappa shape index (κ3) is 1.15. The summed E-state index contributed by atoms with van der Waals surface area (Å²) in [6.07, 6.45) is 5.12. The van der Waals surface area contributed by atoms with Crippen LogP contribution in [0.1, 0.15) is 6.42 Å². The molecule has 0 bridgehead atoms. The summed E-state index contributed by atoms with van der Waals surface area (Å²) in [4.78, 5) is 3.65. The van der Waals surface area contributed by atoms with Gasteiger partial charge in [-0.05, 0) is 0 Å². The van der Waals surface area contributed by atoms with Crippen molar-refractivity contribution in [2.24, 2.45) is 10.7 Å². The largest absolute Gasteiger partial charge is 0.370 e. The van der Waals surface area contributed by atoms with E-state index < -0.39 is 5.72 Å². The second-order valence-electron chi connectivity index (χ2n) is 1.86. The number of aliphatic imine (C=N–C) groups is 1. The molecule has 0 aromatic rings. The van der Waals surface area contributed by atoms with E-state index >= 15 is 0 Å². The third-order valence-corrected chi connectivity index (χ3v) is 0.934. The van der Waals surface area contributed by atoms with Gasteiger partial charge in [-0.25, -0.2) is 0 Å². The molecule has 1 unspecified atom stereocenters. The summed E-state index contributed by atoms with van der Waals surface area (Å²) in [6.45, 7) is 0. The minimum absolute atomic E-state index is 0.455. The van der Waals surface area contributed by atoms with Gasteiger partial charge >= 0.3 is 0 Å². The molecule has 3 nitrogen and oxygen atoms in total. The van der Waals surface area contributed by atoms with Crippen molar-refractivity contribution in [3.63, 3.8) is 0 Å². The van der Waals surface area contributed by atoms with Gasteiger partial charge < -0.3 is 5.11 Å². The predicted molar refractivity (Wildman–Crippen MR) is 31.4 cm³/mol. The van der Waals surface area contributed by atoms with Gasteiger partial charge in [0.25, 0.3) is 0 Å². The molecule has 0 aliphatic carbocycles. The molecule has 0 aromatic heterocycles. The minimum atomic E-state index is -1.20. The van der Waals surface area contributed by atoms with Gasteiger partial charge in [0.15, 0.2) is 5.72 Å². The monoisotopic (exact) mass is 112 g/mol. The van der Waals surface area contributed by atoms with E-state index in [4.69, 9.17) is 10.8 Å². The third-order valence-electron chi connectivity index (χ3n) is 0.934. The fraction of sp³-hybridized carbons (Fsp3) is 0.400. The van der Waals surface area contributed by atoms with Crippen LogP contribution in [-0.4, -0.2) is 17.0 Å². The average Bonchev–Trinajstić information content (AvgIpc) is 1.65. The smallest absolute Gasteiger partial charge is 0.153 e. The predicted octanol–water partition coefficient (Wildman–Crippen LogP) is -0.378. The summed E-state index contributed by atoms with van der Waals surface area (Å²) in [5.74, 6) is 0. The molecule has 0 amide bonds. The van der Waals surface area contributed by atoms with E-state index in [9.17, 15) is 0 Å². The normalized spacial score (nSPS) is 35.8. The van der Waals surface area contributed by atoms with Crippen molar-refractivity contribution < 1.29 is 5.11 Å². The van der Waals surface area contributed by atoms with E-state index in [0.29, 0.717) is 6.42 Å². The highest BCUT2D eigenvalue weighted by Gasteiger charge is 2.16.